The van der Waals surface area contributed by atoms with Gasteiger partial charge in [-0.25, -0.2) is 0 Å². The molecule has 0 aromatic carbocycles. The lowest BCUT2D eigenvalue weighted by molar-refractivity contribution is -0.0647. The molecule has 32 heavy (non-hydrogen) atoms. The molecule has 0 bridgehead atoms. The normalized spacial score (nSPS) is 46.2. The predicted octanol–water partition coefficient (Wildman–Crippen LogP) is 7.81. The van der Waals surface area contributed by atoms with E-state index >= 15 is 0 Å². The van der Waals surface area contributed by atoms with Crippen molar-refractivity contribution in [1.29, 1.82) is 0 Å². The molecule has 9 atom stereocenters. The van der Waals surface area contributed by atoms with Crippen LogP contribution in [0.3, 0.4) is 0 Å². The second-order valence-corrected chi connectivity index (χ2v) is 13.4. The molecule has 2 heteroatoms. The second-order valence-electron chi connectivity index (χ2n) is 13.4. The van der Waals surface area contributed by atoms with Crippen LogP contribution in [-0.4, -0.2) is 25.4 Å². The van der Waals surface area contributed by atoms with Crippen LogP contribution in [0.4, 0.5) is 0 Å². The van der Waals surface area contributed by atoms with Crippen molar-refractivity contribution in [2.24, 2.45) is 46.3 Å². The molecule has 0 aromatic rings. The van der Waals surface area contributed by atoms with E-state index in [1.807, 2.05) is 0 Å². The maximum absolute atomic E-state index is 6.24. The highest BCUT2D eigenvalue weighted by Gasteiger charge is 2.59. The fourth-order valence-electron chi connectivity index (χ4n) is 9.20. The Balaban J connectivity index is 1.25. The van der Waals surface area contributed by atoms with Crippen LogP contribution >= 0.6 is 0 Å². The Bertz CT molecular complexity index is 693. The third-order valence-electron chi connectivity index (χ3n) is 11.2. The van der Waals surface area contributed by atoms with Crippen LogP contribution < -0.4 is 0 Å². The first-order valence-electron chi connectivity index (χ1n) is 14.2. The Morgan fingerprint density at radius 3 is 2.59 bits per heavy atom. The largest absolute Gasteiger partial charge is 0.375 e. The summed E-state index contributed by atoms with van der Waals surface area (Å²) in [6.07, 6.45) is 18.9. The van der Waals surface area contributed by atoms with Gasteiger partial charge in [0.1, 0.15) is 6.10 Å². The number of fused-ring (bicyclic) bond motifs is 5. The van der Waals surface area contributed by atoms with Gasteiger partial charge < -0.3 is 9.47 Å². The van der Waals surface area contributed by atoms with Gasteiger partial charge in [0.2, 0.25) is 0 Å². The molecule has 182 valence electrons. The molecular weight excluding hydrogens is 392 g/mol. The molecule has 5 rings (SSSR count). The predicted molar refractivity (Wildman–Crippen MR) is 133 cm³/mol. The Kier molecular flexibility index (Phi) is 6.60. The molecule has 0 aromatic heterocycles. The second kappa shape index (κ2) is 9.03. The molecule has 2 nitrogen and oxygen atoms in total. The summed E-state index contributed by atoms with van der Waals surface area (Å²) in [5.74, 6) is 5.56. The van der Waals surface area contributed by atoms with Gasteiger partial charge in [0.15, 0.2) is 0 Å². The standard InChI is InChI=1S/C30H50O2/c1-20(2)7-6-8-21(3)26-11-12-27-25-10-9-22-17-23(31-18-24-19-32-24)13-15-29(22,4)28(25)14-16-30(26,27)5/h9,20-21,23-28H,6-8,10-19H2,1-5H3/t21-,23+,24?,25+,26-,27+,28+,29+,30-/m1/s1. The average molecular weight is 443 g/mol. The fourth-order valence-corrected chi connectivity index (χ4v) is 9.20. The zero-order valence-electron chi connectivity index (χ0n) is 21.7. The Hall–Kier alpha value is -0.340. The van der Waals surface area contributed by atoms with Crippen LogP contribution in [-0.2, 0) is 9.47 Å². The van der Waals surface area contributed by atoms with Gasteiger partial charge in [-0.1, -0.05) is 65.5 Å². The molecule has 4 fully saturated rings. The van der Waals surface area contributed by atoms with Crippen molar-refractivity contribution in [3.63, 3.8) is 0 Å². The summed E-state index contributed by atoms with van der Waals surface area (Å²) in [4.78, 5) is 0. The first kappa shape index (κ1) is 23.4. The zero-order chi connectivity index (χ0) is 22.5. The third-order valence-corrected chi connectivity index (χ3v) is 11.2. The molecule has 4 aliphatic carbocycles. The molecular formula is C30H50O2. The van der Waals surface area contributed by atoms with Crippen molar-refractivity contribution in [1.82, 2.24) is 0 Å². The average Bonchev–Trinajstić information content (AvgIpc) is 3.51. The topological polar surface area (TPSA) is 21.8 Å². The molecule has 3 saturated carbocycles. The molecule has 1 saturated heterocycles. The lowest BCUT2D eigenvalue weighted by Crippen LogP contribution is -2.51. The first-order valence-corrected chi connectivity index (χ1v) is 14.2. The molecule has 0 spiro atoms. The Labute approximate surface area is 198 Å². The molecule has 1 aliphatic heterocycles. The van der Waals surface area contributed by atoms with Crippen molar-refractivity contribution in [3.8, 4) is 0 Å². The maximum atomic E-state index is 6.24. The van der Waals surface area contributed by atoms with E-state index in [9.17, 15) is 0 Å². The van der Waals surface area contributed by atoms with Gasteiger partial charge >= 0.3 is 0 Å². The minimum Gasteiger partial charge on any atom is -0.375 e. The van der Waals surface area contributed by atoms with Crippen LogP contribution in [0.5, 0.6) is 0 Å². The Morgan fingerprint density at radius 1 is 1.03 bits per heavy atom. The van der Waals surface area contributed by atoms with Crippen molar-refractivity contribution in [3.05, 3.63) is 11.6 Å². The summed E-state index contributed by atoms with van der Waals surface area (Å²) in [6.45, 7) is 14.4. The van der Waals surface area contributed by atoms with Crippen LogP contribution in [0.2, 0.25) is 0 Å². The highest BCUT2D eigenvalue weighted by molar-refractivity contribution is 5.25. The van der Waals surface area contributed by atoms with Crippen LogP contribution in [0.1, 0.15) is 105 Å². The lowest BCUT2D eigenvalue weighted by atomic mass is 9.47. The van der Waals surface area contributed by atoms with Gasteiger partial charge in [0, 0.05) is 0 Å². The van der Waals surface area contributed by atoms with Gasteiger partial charge in [-0.05, 0) is 97.7 Å². The van der Waals surface area contributed by atoms with Crippen LogP contribution in [0.25, 0.3) is 0 Å². The molecule has 0 radical (unpaired) electrons. The van der Waals surface area contributed by atoms with Crippen molar-refractivity contribution < 1.29 is 9.47 Å². The van der Waals surface area contributed by atoms with Crippen LogP contribution in [0.15, 0.2) is 11.6 Å². The van der Waals surface area contributed by atoms with E-state index in [4.69, 9.17) is 9.47 Å². The van der Waals surface area contributed by atoms with Crippen molar-refractivity contribution in [2.45, 2.75) is 117 Å². The lowest BCUT2D eigenvalue weighted by Gasteiger charge is -2.58. The zero-order valence-corrected chi connectivity index (χ0v) is 21.7. The smallest absolute Gasteiger partial charge is 0.104 e. The summed E-state index contributed by atoms with van der Waals surface area (Å²) in [5, 5.41) is 0. The van der Waals surface area contributed by atoms with E-state index in [1.54, 1.807) is 5.57 Å². The van der Waals surface area contributed by atoms with Crippen LogP contribution in [0, 0.1) is 46.3 Å². The highest BCUT2D eigenvalue weighted by atomic mass is 16.6. The first-order chi connectivity index (χ1) is 15.3. The van der Waals surface area contributed by atoms with Gasteiger partial charge in [0.05, 0.1) is 19.3 Å². The number of ether oxygens (including phenoxy) is 2. The van der Waals surface area contributed by atoms with Gasteiger partial charge in [-0.15, -0.1) is 0 Å². The third kappa shape index (κ3) is 4.26. The van der Waals surface area contributed by atoms with Crippen molar-refractivity contribution >= 4 is 0 Å². The summed E-state index contributed by atoms with van der Waals surface area (Å²) >= 11 is 0. The molecule has 1 heterocycles. The minimum absolute atomic E-state index is 0.395. The summed E-state index contributed by atoms with van der Waals surface area (Å²) < 4.78 is 11.6. The van der Waals surface area contributed by atoms with E-state index in [0.29, 0.717) is 23.0 Å². The van der Waals surface area contributed by atoms with Gasteiger partial charge in [-0.3, -0.25) is 0 Å². The Morgan fingerprint density at radius 2 is 1.84 bits per heavy atom. The fraction of sp³-hybridized carbons (Fsp3) is 0.933. The minimum atomic E-state index is 0.395. The summed E-state index contributed by atoms with van der Waals surface area (Å²) in [6, 6.07) is 0. The molecule has 5 aliphatic rings. The summed E-state index contributed by atoms with van der Waals surface area (Å²) in [7, 11) is 0. The van der Waals surface area contributed by atoms with Gasteiger partial charge in [0.25, 0.3) is 0 Å². The number of hydrogen-bond acceptors (Lipinski definition) is 2. The van der Waals surface area contributed by atoms with E-state index < -0.39 is 0 Å². The van der Waals surface area contributed by atoms with Gasteiger partial charge in [-0.2, -0.15) is 0 Å². The number of hydrogen-bond donors (Lipinski definition) is 0. The number of allylic oxidation sites excluding steroid dienone is 1. The monoisotopic (exact) mass is 442 g/mol. The molecule has 0 amide bonds. The van der Waals surface area contributed by atoms with E-state index in [2.05, 4.69) is 40.7 Å². The maximum Gasteiger partial charge on any atom is 0.104 e. The number of rotatable bonds is 8. The SMILES string of the molecule is CC(C)CCC[C@@H](C)[C@H]1CC[C@H]2[C@@H]3CC=C4C[C@@H](OCC5CO5)CC[C@]4(C)[C@H]3CC[C@]12C. The quantitative estimate of drug-likeness (QED) is 0.282. The summed E-state index contributed by atoms with van der Waals surface area (Å²) in [5.41, 5.74) is 2.80. The van der Waals surface area contributed by atoms with E-state index in [1.165, 1.54) is 70.6 Å². The van der Waals surface area contributed by atoms with E-state index in [-0.39, 0.29) is 0 Å². The molecule has 0 N–H and O–H groups in total. The molecule has 1 unspecified atom stereocenters. The van der Waals surface area contributed by atoms with Crippen molar-refractivity contribution in [2.75, 3.05) is 13.2 Å². The van der Waals surface area contributed by atoms with E-state index in [0.717, 1.165) is 48.7 Å². The number of epoxide rings is 1. The highest BCUT2D eigenvalue weighted by Crippen LogP contribution is 2.67.